The number of benzene rings is 2. The second-order valence-electron chi connectivity index (χ2n) is 8.34. The van der Waals surface area contributed by atoms with Gasteiger partial charge in [0.15, 0.2) is 0 Å². The van der Waals surface area contributed by atoms with Crippen LogP contribution in [-0.4, -0.2) is 52.7 Å². The van der Waals surface area contributed by atoms with Gasteiger partial charge in [0.1, 0.15) is 13.2 Å². The Kier molecular flexibility index (Phi) is 7.40. The quantitative estimate of drug-likeness (QED) is 0.485. The van der Waals surface area contributed by atoms with Crippen LogP contribution in [0.15, 0.2) is 66.9 Å². The molecule has 0 radical (unpaired) electrons. The standard InChI is InChI=1S/C27H27N3O5/c1-2-13-30(16-25(31)32)26(33)18-11-12-28-19(14-18)15-29-27(34)35-17-24-22-9-5-3-7-20(22)21-8-4-6-10-23(21)24/h3-12,14,24H,2,13,15-17H2,1H3,(H,29,34)(H,31,32). The van der Waals surface area contributed by atoms with Gasteiger partial charge in [-0.2, -0.15) is 0 Å². The van der Waals surface area contributed by atoms with Crippen LogP contribution in [0.25, 0.3) is 11.1 Å². The zero-order valence-corrected chi connectivity index (χ0v) is 19.4. The molecule has 4 rings (SSSR count). The summed E-state index contributed by atoms with van der Waals surface area (Å²) in [5, 5.41) is 11.8. The first-order valence-corrected chi connectivity index (χ1v) is 11.5. The number of nitrogens with zero attached hydrogens (tertiary/aromatic N) is 2. The Labute approximate surface area is 203 Å². The Morgan fingerprint density at radius 3 is 2.31 bits per heavy atom. The van der Waals surface area contributed by atoms with Crippen LogP contribution in [0.1, 0.15) is 46.4 Å². The van der Waals surface area contributed by atoms with Crippen LogP contribution in [0.5, 0.6) is 0 Å². The largest absolute Gasteiger partial charge is 0.480 e. The number of ether oxygens (including phenoxy) is 1. The zero-order valence-electron chi connectivity index (χ0n) is 19.4. The minimum atomic E-state index is -1.07. The van der Waals surface area contributed by atoms with E-state index in [-0.39, 0.29) is 31.5 Å². The number of hydrogen-bond acceptors (Lipinski definition) is 5. The first-order valence-electron chi connectivity index (χ1n) is 11.5. The number of hydrogen-bond donors (Lipinski definition) is 2. The molecule has 0 unspecified atom stereocenters. The Morgan fingerprint density at radius 1 is 1.03 bits per heavy atom. The van der Waals surface area contributed by atoms with E-state index >= 15 is 0 Å². The van der Waals surface area contributed by atoms with Gasteiger partial charge in [-0.05, 0) is 40.8 Å². The average Bonchev–Trinajstić information content (AvgIpc) is 3.19. The maximum Gasteiger partial charge on any atom is 0.407 e. The molecule has 1 aromatic heterocycles. The number of amides is 2. The van der Waals surface area contributed by atoms with Crippen molar-refractivity contribution in [2.75, 3.05) is 19.7 Å². The Hall–Kier alpha value is -4.20. The van der Waals surface area contributed by atoms with E-state index < -0.39 is 12.1 Å². The normalized spacial score (nSPS) is 11.9. The van der Waals surface area contributed by atoms with E-state index in [4.69, 9.17) is 9.84 Å². The summed E-state index contributed by atoms with van der Waals surface area (Å²) in [7, 11) is 0. The highest BCUT2D eigenvalue weighted by molar-refractivity contribution is 5.95. The molecular weight excluding hydrogens is 446 g/mol. The van der Waals surface area contributed by atoms with Gasteiger partial charge in [0.05, 0.1) is 12.2 Å². The lowest BCUT2D eigenvalue weighted by molar-refractivity contribution is -0.137. The monoisotopic (exact) mass is 473 g/mol. The second-order valence-corrected chi connectivity index (χ2v) is 8.34. The fraction of sp³-hybridized carbons (Fsp3) is 0.259. The van der Waals surface area contributed by atoms with Gasteiger partial charge in [0, 0.05) is 24.2 Å². The fourth-order valence-electron chi connectivity index (χ4n) is 4.39. The van der Waals surface area contributed by atoms with Crippen molar-refractivity contribution in [3.8, 4) is 11.1 Å². The smallest absolute Gasteiger partial charge is 0.407 e. The molecule has 0 aliphatic heterocycles. The maximum absolute atomic E-state index is 12.7. The molecule has 1 heterocycles. The number of rotatable bonds is 9. The molecule has 180 valence electrons. The highest BCUT2D eigenvalue weighted by atomic mass is 16.5. The molecule has 3 aromatic rings. The topological polar surface area (TPSA) is 109 Å². The molecule has 0 spiro atoms. The van der Waals surface area contributed by atoms with Crippen molar-refractivity contribution in [3.05, 3.63) is 89.2 Å². The van der Waals surface area contributed by atoms with E-state index in [0.717, 1.165) is 22.3 Å². The van der Waals surface area contributed by atoms with Crippen LogP contribution >= 0.6 is 0 Å². The van der Waals surface area contributed by atoms with Crippen molar-refractivity contribution in [1.82, 2.24) is 15.2 Å². The van der Waals surface area contributed by atoms with E-state index in [1.165, 1.54) is 17.2 Å². The number of pyridine rings is 1. The number of aliphatic carboxylic acids is 1. The number of aromatic nitrogens is 1. The fourth-order valence-corrected chi connectivity index (χ4v) is 4.39. The molecule has 0 fully saturated rings. The first-order chi connectivity index (χ1) is 17.0. The van der Waals surface area contributed by atoms with Crippen LogP contribution in [0.2, 0.25) is 0 Å². The summed E-state index contributed by atoms with van der Waals surface area (Å²) in [6.45, 7) is 2.11. The van der Waals surface area contributed by atoms with E-state index in [1.807, 2.05) is 31.2 Å². The van der Waals surface area contributed by atoms with Gasteiger partial charge in [-0.25, -0.2) is 4.79 Å². The van der Waals surface area contributed by atoms with Crippen LogP contribution in [0.4, 0.5) is 4.79 Å². The molecule has 0 bridgehead atoms. The predicted molar refractivity (Wildman–Crippen MR) is 130 cm³/mol. The summed E-state index contributed by atoms with van der Waals surface area (Å²) in [5.74, 6) is -1.50. The van der Waals surface area contributed by atoms with Gasteiger partial charge in [-0.3, -0.25) is 14.6 Å². The molecule has 1 aliphatic rings. The lowest BCUT2D eigenvalue weighted by Crippen LogP contribution is -2.36. The summed E-state index contributed by atoms with van der Waals surface area (Å²) >= 11 is 0. The molecule has 8 heteroatoms. The van der Waals surface area contributed by atoms with Gasteiger partial charge < -0.3 is 20.1 Å². The summed E-state index contributed by atoms with van der Waals surface area (Å²) in [6.07, 6.45) is 1.52. The molecule has 8 nitrogen and oxygen atoms in total. The lowest BCUT2D eigenvalue weighted by atomic mass is 9.98. The van der Waals surface area contributed by atoms with Crippen molar-refractivity contribution in [3.63, 3.8) is 0 Å². The van der Waals surface area contributed by atoms with Crippen LogP contribution < -0.4 is 5.32 Å². The number of carboxylic acid groups (broad SMARTS) is 1. The number of carbonyl (C=O) groups is 3. The van der Waals surface area contributed by atoms with Crippen LogP contribution in [0, 0.1) is 0 Å². The Balaban J connectivity index is 1.36. The zero-order chi connectivity index (χ0) is 24.8. The first kappa shape index (κ1) is 23.9. The molecule has 35 heavy (non-hydrogen) atoms. The van der Waals surface area contributed by atoms with Gasteiger partial charge in [-0.15, -0.1) is 0 Å². The molecule has 1 aliphatic carbocycles. The predicted octanol–water partition coefficient (Wildman–Crippen LogP) is 4.06. The van der Waals surface area contributed by atoms with E-state index in [0.29, 0.717) is 24.2 Å². The average molecular weight is 474 g/mol. The molecule has 0 atom stereocenters. The van der Waals surface area contributed by atoms with Gasteiger partial charge in [0.25, 0.3) is 5.91 Å². The van der Waals surface area contributed by atoms with E-state index in [1.54, 1.807) is 6.07 Å². The number of carbonyl (C=O) groups excluding carboxylic acids is 2. The maximum atomic E-state index is 12.7. The Bertz CT molecular complexity index is 1200. The third-order valence-electron chi connectivity index (χ3n) is 5.93. The number of nitrogens with one attached hydrogen (secondary N) is 1. The van der Waals surface area contributed by atoms with Crippen molar-refractivity contribution in [2.45, 2.75) is 25.8 Å². The number of carboxylic acids is 1. The summed E-state index contributed by atoms with van der Waals surface area (Å²) in [4.78, 5) is 41.7. The van der Waals surface area contributed by atoms with Crippen LogP contribution in [0.3, 0.4) is 0 Å². The minimum absolute atomic E-state index is 0.0361. The van der Waals surface area contributed by atoms with Gasteiger partial charge >= 0.3 is 12.1 Å². The summed E-state index contributed by atoms with van der Waals surface area (Å²) < 4.78 is 5.53. The molecule has 2 N–H and O–H groups in total. The molecule has 0 saturated heterocycles. The second kappa shape index (κ2) is 10.8. The van der Waals surface area contributed by atoms with Crippen molar-refractivity contribution in [2.24, 2.45) is 0 Å². The van der Waals surface area contributed by atoms with Crippen molar-refractivity contribution < 1.29 is 24.2 Å². The molecular formula is C27H27N3O5. The van der Waals surface area contributed by atoms with Crippen LogP contribution in [-0.2, 0) is 16.1 Å². The minimum Gasteiger partial charge on any atom is -0.480 e. The SMILES string of the molecule is CCCN(CC(=O)O)C(=O)c1ccnc(CNC(=O)OCC2c3ccccc3-c3ccccc32)c1. The third-order valence-corrected chi connectivity index (χ3v) is 5.93. The van der Waals surface area contributed by atoms with Gasteiger partial charge in [-0.1, -0.05) is 55.5 Å². The summed E-state index contributed by atoms with van der Waals surface area (Å²) in [6, 6.07) is 19.3. The molecule has 2 amide bonds. The van der Waals surface area contributed by atoms with Gasteiger partial charge in [0.2, 0.25) is 0 Å². The number of fused-ring (bicyclic) bond motifs is 3. The number of alkyl carbamates (subject to hydrolysis) is 1. The van der Waals surface area contributed by atoms with E-state index in [2.05, 4.69) is 34.6 Å². The third kappa shape index (κ3) is 5.48. The highest BCUT2D eigenvalue weighted by Crippen LogP contribution is 2.44. The highest BCUT2D eigenvalue weighted by Gasteiger charge is 2.29. The van der Waals surface area contributed by atoms with E-state index in [9.17, 15) is 14.4 Å². The molecule has 2 aromatic carbocycles. The molecule has 0 saturated carbocycles. The summed E-state index contributed by atoms with van der Waals surface area (Å²) in [5.41, 5.74) is 5.36. The lowest BCUT2D eigenvalue weighted by Gasteiger charge is -2.20. The Morgan fingerprint density at radius 2 is 1.69 bits per heavy atom. The van der Waals surface area contributed by atoms with Crippen molar-refractivity contribution >= 4 is 18.0 Å². The van der Waals surface area contributed by atoms with Crippen molar-refractivity contribution in [1.29, 1.82) is 0 Å².